The lowest BCUT2D eigenvalue weighted by atomic mass is 9.78. The highest BCUT2D eigenvalue weighted by molar-refractivity contribution is 5.51. The first-order valence-electron chi connectivity index (χ1n) is 7.51. The first-order valence-corrected chi connectivity index (χ1v) is 7.51. The molecule has 2 N–H and O–H groups in total. The smallest absolute Gasteiger partial charge is 0.127 e. The van der Waals surface area contributed by atoms with E-state index in [0.717, 1.165) is 18.3 Å². The Morgan fingerprint density at radius 2 is 2.05 bits per heavy atom. The molecule has 0 atom stereocenters. The number of hydrogen-bond acceptors (Lipinski definition) is 3. The third kappa shape index (κ3) is 3.85. The Hall–Kier alpha value is -1.25. The van der Waals surface area contributed by atoms with Gasteiger partial charge in [-0.2, -0.15) is 0 Å². The van der Waals surface area contributed by atoms with Gasteiger partial charge in [-0.1, -0.05) is 26.7 Å². The topological polar surface area (TPSA) is 37.0 Å². The molecule has 2 rings (SSSR count). The molecule has 0 bridgehead atoms. The maximum Gasteiger partial charge on any atom is 0.127 e. The average molecular weight is 261 g/mol. The molecule has 1 aromatic rings. The molecule has 0 unspecified atom stereocenters. The number of rotatable bonds is 6. The van der Waals surface area contributed by atoms with E-state index in [-0.39, 0.29) is 0 Å². The second-order valence-electron chi connectivity index (χ2n) is 6.34. The normalized spacial score (nSPS) is 17.7. The van der Waals surface area contributed by atoms with E-state index < -0.39 is 0 Å². The molecule has 1 aliphatic rings. The number of pyridine rings is 1. The lowest BCUT2D eigenvalue weighted by Gasteiger charge is -2.31. The molecule has 1 saturated carbocycles. The van der Waals surface area contributed by atoms with Gasteiger partial charge in [-0.25, -0.2) is 4.98 Å². The Labute approximate surface area is 117 Å². The molecule has 19 heavy (non-hydrogen) atoms. The van der Waals surface area contributed by atoms with E-state index in [2.05, 4.69) is 41.6 Å². The molecule has 0 amide bonds. The summed E-state index contributed by atoms with van der Waals surface area (Å²) in [4.78, 5) is 4.25. The minimum Gasteiger partial charge on any atom is -0.384 e. The molecule has 3 heteroatoms. The Morgan fingerprint density at radius 1 is 1.32 bits per heavy atom. The lowest BCUT2D eigenvalue weighted by Crippen LogP contribution is -2.28. The van der Waals surface area contributed by atoms with Gasteiger partial charge in [0.2, 0.25) is 0 Å². The highest BCUT2D eigenvalue weighted by Crippen LogP contribution is 2.43. The first-order chi connectivity index (χ1) is 9.13. The van der Waals surface area contributed by atoms with Crippen molar-refractivity contribution < 1.29 is 0 Å². The average Bonchev–Trinajstić information content (AvgIpc) is 2.85. The van der Waals surface area contributed by atoms with Gasteiger partial charge in [0.05, 0.1) is 0 Å². The van der Waals surface area contributed by atoms with E-state index in [4.69, 9.17) is 0 Å². The van der Waals surface area contributed by atoms with Gasteiger partial charge in [-0.15, -0.1) is 0 Å². The van der Waals surface area contributed by atoms with Crippen molar-refractivity contribution in [3.8, 4) is 0 Å². The summed E-state index contributed by atoms with van der Waals surface area (Å²) in [6.07, 6.45) is 8.74. The van der Waals surface area contributed by atoms with Gasteiger partial charge in [0.25, 0.3) is 0 Å². The van der Waals surface area contributed by atoms with E-state index in [9.17, 15) is 0 Å². The summed E-state index contributed by atoms with van der Waals surface area (Å²) in [5, 5.41) is 6.71. The van der Waals surface area contributed by atoms with Crippen molar-refractivity contribution in [1.82, 2.24) is 4.98 Å². The predicted molar refractivity (Wildman–Crippen MR) is 82.6 cm³/mol. The summed E-state index contributed by atoms with van der Waals surface area (Å²) in [5.41, 5.74) is 1.69. The van der Waals surface area contributed by atoms with E-state index in [0.29, 0.717) is 5.41 Å². The first kappa shape index (κ1) is 14.2. The van der Waals surface area contributed by atoms with Crippen molar-refractivity contribution in [2.24, 2.45) is 11.3 Å². The molecular weight excluding hydrogens is 234 g/mol. The fourth-order valence-electron chi connectivity index (χ4n) is 3.41. The molecule has 0 radical (unpaired) electrons. The predicted octanol–water partition coefficient (Wildman–Crippen LogP) is 4.14. The Bertz CT molecular complexity index is 395. The zero-order chi connectivity index (χ0) is 13.7. The van der Waals surface area contributed by atoms with E-state index in [1.807, 2.05) is 13.2 Å². The van der Waals surface area contributed by atoms with Gasteiger partial charge in [0, 0.05) is 31.5 Å². The van der Waals surface area contributed by atoms with Crippen molar-refractivity contribution in [2.75, 3.05) is 24.2 Å². The van der Waals surface area contributed by atoms with Gasteiger partial charge in [-0.05, 0) is 36.7 Å². The van der Waals surface area contributed by atoms with Gasteiger partial charge in [0.1, 0.15) is 5.82 Å². The van der Waals surface area contributed by atoms with Crippen molar-refractivity contribution >= 4 is 11.5 Å². The van der Waals surface area contributed by atoms with Crippen LogP contribution in [0.15, 0.2) is 18.3 Å². The molecular formula is C16H27N3. The monoisotopic (exact) mass is 261 g/mol. The van der Waals surface area contributed by atoms with E-state index in [1.54, 1.807) is 0 Å². The van der Waals surface area contributed by atoms with Crippen LogP contribution in [0, 0.1) is 11.3 Å². The molecule has 1 heterocycles. The summed E-state index contributed by atoms with van der Waals surface area (Å²) >= 11 is 0. The van der Waals surface area contributed by atoms with Crippen LogP contribution in [0.3, 0.4) is 0 Å². The van der Waals surface area contributed by atoms with Crippen LogP contribution >= 0.6 is 0 Å². The molecule has 0 spiro atoms. The van der Waals surface area contributed by atoms with Gasteiger partial charge >= 0.3 is 0 Å². The summed E-state index contributed by atoms with van der Waals surface area (Å²) in [6, 6.07) is 4.14. The largest absolute Gasteiger partial charge is 0.384 e. The van der Waals surface area contributed by atoms with Crippen LogP contribution in [-0.4, -0.2) is 18.6 Å². The minimum atomic E-state index is 0.511. The molecule has 0 aromatic carbocycles. The van der Waals surface area contributed by atoms with Crippen LogP contribution in [-0.2, 0) is 0 Å². The quantitative estimate of drug-likeness (QED) is 0.808. The van der Waals surface area contributed by atoms with Crippen LogP contribution in [0.2, 0.25) is 0 Å². The number of nitrogens with zero attached hydrogens (tertiary/aromatic N) is 1. The second kappa shape index (κ2) is 6.27. The van der Waals surface area contributed by atoms with Crippen molar-refractivity contribution in [3.05, 3.63) is 18.3 Å². The fourth-order valence-corrected chi connectivity index (χ4v) is 3.41. The molecule has 3 nitrogen and oxygen atoms in total. The van der Waals surface area contributed by atoms with E-state index in [1.165, 1.54) is 37.8 Å². The van der Waals surface area contributed by atoms with Crippen LogP contribution in [0.25, 0.3) is 0 Å². The summed E-state index contributed by atoms with van der Waals surface area (Å²) < 4.78 is 0. The van der Waals surface area contributed by atoms with Crippen LogP contribution in [0.1, 0.15) is 46.0 Å². The lowest BCUT2D eigenvalue weighted by molar-refractivity contribution is 0.252. The molecule has 106 valence electrons. The zero-order valence-electron chi connectivity index (χ0n) is 12.5. The minimum absolute atomic E-state index is 0.511. The van der Waals surface area contributed by atoms with Crippen molar-refractivity contribution in [1.29, 1.82) is 0 Å². The Morgan fingerprint density at radius 3 is 2.68 bits per heavy atom. The number of anilines is 2. The van der Waals surface area contributed by atoms with E-state index >= 15 is 0 Å². The maximum atomic E-state index is 4.25. The SMILES string of the molecule is CNc1cc(NCC2(CC(C)C)CCCC2)ccn1. The van der Waals surface area contributed by atoms with Gasteiger partial charge in [0.15, 0.2) is 0 Å². The summed E-state index contributed by atoms with van der Waals surface area (Å²) in [6.45, 7) is 5.77. The summed E-state index contributed by atoms with van der Waals surface area (Å²) in [7, 11) is 1.91. The third-order valence-corrected chi connectivity index (χ3v) is 4.19. The number of nitrogens with one attached hydrogen (secondary N) is 2. The molecule has 0 saturated heterocycles. The molecule has 1 aliphatic carbocycles. The maximum absolute atomic E-state index is 4.25. The molecule has 0 aliphatic heterocycles. The van der Waals surface area contributed by atoms with Crippen LogP contribution in [0.5, 0.6) is 0 Å². The van der Waals surface area contributed by atoms with Crippen LogP contribution < -0.4 is 10.6 Å². The third-order valence-electron chi connectivity index (χ3n) is 4.19. The number of aromatic nitrogens is 1. The Balaban J connectivity index is 1.98. The van der Waals surface area contributed by atoms with Gasteiger partial charge < -0.3 is 10.6 Å². The van der Waals surface area contributed by atoms with Crippen molar-refractivity contribution in [3.63, 3.8) is 0 Å². The summed E-state index contributed by atoms with van der Waals surface area (Å²) in [5.74, 6) is 1.71. The van der Waals surface area contributed by atoms with Gasteiger partial charge in [-0.3, -0.25) is 0 Å². The highest BCUT2D eigenvalue weighted by Gasteiger charge is 2.34. The zero-order valence-corrected chi connectivity index (χ0v) is 12.5. The second-order valence-corrected chi connectivity index (χ2v) is 6.34. The fraction of sp³-hybridized carbons (Fsp3) is 0.688. The molecule has 1 fully saturated rings. The van der Waals surface area contributed by atoms with Crippen molar-refractivity contribution in [2.45, 2.75) is 46.0 Å². The highest BCUT2D eigenvalue weighted by atomic mass is 15.0. The standard InChI is InChI=1S/C16H27N3/c1-13(2)11-16(7-4-5-8-16)12-19-14-6-9-18-15(10-14)17-3/h6,9-10,13H,4-5,7-8,11-12H2,1-3H3,(H2,17,18,19). The molecule has 1 aromatic heterocycles. The van der Waals surface area contributed by atoms with Crippen LogP contribution in [0.4, 0.5) is 11.5 Å². The number of hydrogen-bond donors (Lipinski definition) is 2. The Kier molecular flexibility index (Phi) is 4.67.